The van der Waals surface area contributed by atoms with E-state index in [9.17, 15) is 0 Å². The van der Waals surface area contributed by atoms with Crippen molar-refractivity contribution in [1.29, 1.82) is 0 Å². The van der Waals surface area contributed by atoms with E-state index < -0.39 is 0 Å². The third-order valence-corrected chi connectivity index (χ3v) is 9.02. The number of hydrogen-bond acceptors (Lipinski definition) is 2. The highest BCUT2D eigenvalue weighted by Crippen LogP contribution is 2.48. The van der Waals surface area contributed by atoms with Crippen LogP contribution in [0.1, 0.15) is 0 Å². The normalized spacial score (nSPS) is 10.6. The highest BCUT2D eigenvalue weighted by molar-refractivity contribution is 9.15. The van der Waals surface area contributed by atoms with E-state index in [1.54, 1.807) is 0 Å². The van der Waals surface area contributed by atoms with E-state index >= 15 is 0 Å². The van der Waals surface area contributed by atoms with Gasteiger partial charge in [-0.25, -0.2) is 0 Å². The number of thiol groups is 1. The molecule has 0 aromatic heterocycles. The fourth-order valence-electron chi connectivity index (χ4n) is 0.665. The van der Waals surface area contributed by atoms with Gasteiger partial charge in [-0.3, -0.25) is 0 Å². The summed E-state index contributed by atoms with van der Waals surface area (Å²) in [5.74, 6) is 0. The van der Waals surface area contributed by atoms with Crippen molar-refractivity contribution in [2.24, 2.45) is 0 Å². The topological polar surface area (TPSA) is 0 Å². The fraction of sp³-hybridized carbons (Fsp3) is 0. The lowest BCUT2D eigenvalue weighted by molar-refractivity contribution is 1.29. The van der Waals surface area contributed by atoms with Gasteiger partial charge in [0.2, 0.25) is 0 Å². The minimum absolute atomic E-state index is 0.970. The Labute approximate surface area is 127 Å². The summed E-state index contributed by atoms with van der Waals surface area (Å²) < 4.78 is 4.87. The van der Waals surface area contributed by atoms with E-state index in [-0.39, 0.29) is 0 Å². The number of rotatable bonds is 1. The average Bonchev–Trinajstić information content (AvgIpc) is 2.13. The van der Waals surface area contributed by atoms with E-state index in [4.69, 9.17) is 0 Å². The molecule has 7 heteroatoms. The molecule has 0 amide bonds. The lowest BCUT2D eigenvalue weighted by atomic mass is 10.4. The van der Waals surface area contributed by atoms with Crippen LogP contribution >= 0.6 is 102 Å². The highest BCUT2D eigenvalue weighted by atomic mass is 79.9. The number of benzene rings is 1. The molecule has 13 heavy (non-hydrogen) atoms. The molecule has 0 saturated heterocycles. The molecule has 0 spiro atoms. The number of hydrogen-bond donors (Lipinski definition) is 1. The second-order valence-electron chi connectivity index (χ2n) is 1.99. The molecule has 0 N–H and O–H groups in total. The zero-order chi connectivity index (χ0) is 10.2. The molecular weight excluding hydrogens is 536 g/mol. The molecule has 0 saturated carbocycles. The van der Waals surface area contributed by atoms with Crippen LogP contribution in [0.25, 0.3) is 0 Å². The molecule has 0 aliphatic heterocycles. The second-order valence-corrected chi connectivity index (χ2v) is 7.09. The van der Waals surface area contributed by atoms with Gasteiger partial charge < -0.3 is 0 Å². The molecule has 0 nitrogen and oxygen atoms in total. The Kier molecular flexibility index (Phi) is 5.76. The molecule has 0 atom stereocenters. The van der Waals surface area contributed by atoms with Gasteiger partial charge in [-0.05, 0) is 79.6 Å². The molecule has 1 rings (SSSR count). The van der Waals surface area contributed by atoms with Crippen LogP contribution in [-0.2, 0) is 0 Å². The van der Waals surface area contributed by atoms with Crippen LogP contribution in [0.2, 0.25) is 0 Å². The van der Waals surface area contributed by atoms with Gasteiger partial charge in [-0.15, -0.1) is 11.7 Å². The first-order valence-electron chi connectivity index (χ1n) is 2.83. The monoisotopic (exact) mass is 532 g/mol. The molecule has 0 fully saturated rings. The van der Waals surface area contributed by atoms with Gasteiger partial charge >= 0.3 is 0 Å². The second kappa shape index (κ2) is 5.59. The van der Waals surface area contributed by atoms with Crippen molar-refractivity contribution < 1.29 is 0 Å². The lowest BCUT2D eigenvalue weighted by Crippen LogP contribution is -1.83. The van der Waals surface area contributed by atoms with Crippen molar-refractivity contribution >= 4 is 102 Å². The Bertz CT molecular complexity index is 322. The summed E-state index contributed by atoms with van der Waals surface area (Å²) in [4.78, 5) is 1.03. The van der Waals surface area contributed by atoms with Crippen LogP contribution in [0, 0.1) is 0 Å². The zero-order valence-corrected chi connectivity index (χ0v) is 15.4. The third kappa shape index (κ3) is 2.71. The third-order valence-electron chi connectivity index (χ3n) is 1.26. The van der Waals surface area contributed by atoms with Crippen LogP contribution in [0.15, 0.2) is 27.3 Å². The predicted molar refractivity (Wildman–Crippen MR) is 79.8 cm³/mol. The maximum atomic E-state index is 4.18. The van der Waals surface area contributed by atoms with Gasteiger partial charge in [0.05, 0.1) is 0 Å². The maximum Gasteiger partial charge on any atom is 0.0488 e. The van der Waals surface area contributed by atoms with Crippen molar-refractivity contribution in [2.75, 3.05) is 0 Å². The predicted octanol–water partition coefficient (Wildman–Crippen LogP) is 6.44. The van der Waals surface area contributed by atoms with Crippen LogP contribution < -0.4 is 0 Å². The zero-order valence-electron chi connectivity index (χ0n) is 5.75. The largest absolute Gasteiger partial charge is 0.106 e. The maximum absolute atomic E-state index is 4.18. The minimum atomic E-state index is 0.970. The average molecular weight is 537 g/mol. The molecule has 72 valence electrons. The lowest BCUT2D eigenvalue weighted by Gasteiger charge is -2.10. The van der Waals surface area contributed by atoms with Gasteiger partial charge in [0.1, 0.15) is 0 Å². The fourth-order valence-corrected chi connectivity index (χ4v) is 6.12. The molecular formula is C6HBr5S2. The summed E-state index contributed by atoms with van der Waals surface area (Å²) in [6.45, 7) is 0. The minimum Gasteiger partial charge on any atom is -0.106 e. The Morgan fingerprint density at radius 1 is 0.692 bits per heavy atom. The van der Waals surface area contributed by atoms with Gasteiger partial charge in [-0.2, -0.15) is 0 Å². The van der Waals surface area contributed by atoms with E-state index in [2.05, 4.69) is 91.3 Å². The van der Waals surface area contributed by atoms with E-state index in [1.807, 2.05) is 0 Å². The Hall–Kier alpha value is 2.32. The van der Waals surface area contributed by atoms with Gasteiger partial charge in [0.15, 0.2) is 0 Å². The van der Waals surface area contributed by atoms with Crippen LogP contribution in [0.4, 0.5) is 0 Å². The molecule has 0 unspecified atom stereocenters. The molecule has 0 aliphatic rings. The molecule has 1 aromatic rings. The Morgan fingerprint density at radius 2 is 1.00 bits per heavy atom. The van der Waals surface area contributed by atoms with E-state index in [0.29, 0.717) is 0 Å². The summed E-state index contributed by atoms with van der Waals surface area (Å²) >= 11 is 21.5. The Balaban J connectivity index is 3.56. The molecule has 0 aliphatic carbocycles. The van der Waals surface area contributed by atoms with Gasteiger partial charge in [-0.1, -0.05) is 10.8 Å². The quantitative estimate of drug-likeness (QED) is 0.187. The first-order valence-corrected chi connectivity index (χ1v) is 8.67. The summed E-state index contributed by atoms with van der Waals surface area (Å²) in [6, 6.07) is 0. The van der Waals surface area contributed by atoms with Gasteiger partial charge in [0, 0.05) is 27.3 Å². The smallest absolute Gasteiger partial charge is 0.0488 e. The highest BCUT2D eigenvalue weighted by Gasteiger charge is 2.16. The van der Waals surface area contributed by atoms with Crippen molar-refractivity contribution in [3.05, 3.63) is 22.4 Å². The van der Waals surface area contributed by atoms with E-state index in [0.717, 1.165) is 27.3 Å². The summed E-state index contributed by atoms with van der Waals surface area (Å²) in [7, 11) is 1.38. The standard InChI is InChI=1S/C6HBr5S2/c7-1-2(8)4(10)6(13-12)5(11)3(1)9/h12H. The van der Waals surface area contributed by atoms with Crippen LogP contribution in [0.3, 0.4) is 0 Å². The first-order chi connectivity index (χ1) is 6.00. The summed E-state index contributed by atoms with van der Waals surface area (Å²) in [6.07, 6.45) is 0. The summed E-state index contributed by atoms with van der Waals surface area (Å²) in [5.41, 5.74) is 0. The molecule has 1 aromatic carbocycles. The SMILES string of the molecule is SSc1c(Br)c(Br)c(Br)c(Br)c1Br. The van der Waals surface area contributed by atoms with E-state index in [1.165, 1.54) is 10.8 Å². The van der Waals surface area contributed by atoms with Gasteiger partial charge in [0.25, 0.3) is 0 Å². The number of halogens is 5. The Morgan fingerprint density at radius 3 is 1.31 bits per heavy atom. The van der Waals surface area contributed by atoms with Crippen molar-refractivity contribution in [3.8, 4) is 0 Å². The van der Waals surface area contributed by atoms with Crippen LogP contribution in [0.5, 0.6) is 0 Å². The molecule has 0 bridgehead atoms. The van der Waals surface area contributed by atoms with Crippen LogP contribution in [-0.4, -0.2) is 0 Å². The molecule has 0 radical (unpaired) electrons. The van der Waals surface area contributed by atoms with Crippen molar-refractivity contribution in [3.63, 3.8) is 0 Å². The summed E-state index contributed by atoms with van der Waals surface area (Å²) in [5, 5.41) is 0. The van der Waals surface area contributed by atoms with Crippen molar-refractivity contribution in [2.45, 2.75) is 4.90 Å². The van der Waals surface area contributed by atoms with Crippen molar-refractivity contribution in [1.82, 2.24) is 0 Å². The molecule has 0 heterocycles. The first kappa shape index (κ1) is 13.4.